The fraction of sp³-hybridized carbons (Fsp3) is 0.385. The van der Waals surface area contributed by atoms with Crippen molar-refractivity contribution in [1.82, 2.24) is 9.55 Å². The zero-order valence-electron chi connectivity index (χ0n) is 19.2. The maximum Gasteiger partial charge on any atom is 0.303 e. The predicted octanol–water partition coefficient (Wildman–Crippen LogP) is 6.29. The predicted molar refractivity (Wildman–Crippen MR) is 133 cm³/mol. The van der Waals surface area contributed by atoms with Gasteiger partial charge in [0.1, 0.15) is 5.75 Å². The van der Waals surface area contributed by atoms with Gasteiger partial charge >= 0.3 is 5.97 Å². The highest BCUT2D eigenvalue weighted by Gasteiger charge is 2.18. The fourth-order valence-electron chi connectivity index (χ4n) is 4.09. The summed E-state index contributed by atoms with van der Waals surface area (Å²) in [6, 6.07) is 14.6. The summed E-state index contributed by atoms with van der Waals surface area (Å²) in [5.41, 5.74) is 3.27. The van der Waals surface area contributed by atoms with Crippen molar-refractivity contribution in [3.63, 3.8) is 0 Å². The van der Waals surface area contributed by atoms with Gasteiger partial charge in [0.25, 0.3) is 0 Å². The summed E-state index contributed by atoms with van der Waals surface area (Å²) >= 11 is 1.79. The van der Waals surface area contributed by atoms with Gasteiger partial charge in [0.2, 0.25) is 0 Å². The summed E-state index contributed by atoms with van der Waals surface area (Å²) < 4.78 is 14.8. The molecule has 174 valence electrons. The molecule has 0 amide bonds. The molecule has 4 rings (SSSR count). The van der Waals surface area contributed by atoms with Crippen LogP contribution in [0.4, 0.5) is 0 Å². The summed E-state index contributed by atoms with van der Waals surface area (Å²) in [5.74, 6) is 1.06. The van der Waals surface area contributed by atoms with Crippen LogP contribution in [0.2, 0.25) is 0 Å². The van der Waals surface area contributed by atoms with Crippen LogP contribution in [0.5, 0.6) is 5.75 Å². The second kappa shape index (κ2) is 10.8. The van der Waals surface area contributed by atoms with E-state index >= 15 is 0 Å². The van der Waals surface area contributed by atoms with Crippen LogP contribution in [0, 0.1) is 6.92 Å². The largest absolute Gasteiger partial charge is 0.494 e. The van der Waals surface area contributed by atoms with Gasteiger partial charge in [0.05, 0.1) is 22.5 Å². The van der Waals surface area contributed by atoms with Crippen molar-refractivity contribution < 1.29 is 19.4 Å². The normalized spacial score (nSPS) is 11.5. The molecule has 0 atom stereocenters. The Morgan fingerprint density at radius 3 is 2.73 bits per heavy atom. The van der Waals surface area contributed by atoms with Crippen molar-refractivity contribution >= 4 is 38.4 Å². The number of carboxylic acid groups (broad SMARTS) is 1. The Balaban J connectivity index is 1.61. The van der Waals surface area contributed by atoms with E-state index in [0.717, 1.165) is 48.4 Å². The number of methoxy groups -OCH3 is 1. The Morgan fingerprint density at radius 1 is 1.09 bits per heavy atom. The molecule has 0 saturated heterocycles. The van der Waals surface area contributed by atoms with Gasteiger partial charge in [-0.3, -0.25) is 4.79 Å². The summed E-state index contributed by atoms with van der Waals surface area (Å²) in [4.78, 5) is 16.9. The fourth-order valence-corrected chi connectivity index (χ4v) is 5.30. The van der Waals surface area contributed by atoms with Gasteiger partial charge in [-0.1, -0.05) is 18.2 Å². The topological polar surface area (TPSA) is 73.6 Å². The maximum absolute atomic E-state index is 10.6. The smallest absolute Gasteiger partial charge is 0.303 e. The zero-order chi connectivity index (χ0) is 23.2. The third-order valence-corrected chi connectivity index (χ3v) is 7.07. The highest BCUT2D eigenvalue weighted by Crippen LogP contribution is 2.39. The Bertz CT molecular complexity index is 1240. The molecule has 0 bridgehead atoms. The number of ether oxygens (including phenoxy) is 2. The number of imidazole rings is 1. The molecule has 0 aliphatic carbocycles. The number of benzene rings is 2. The molecule has 2 heterocycles. The molecule has 0 radical (unpaired) electrons. The van der Waals surface area contributed by atoms with Crippen LogP contribution in [-0.2, 0) is 16.1 Å². The lowest BCUT2D eigenvalue weighted by atomic mass is 10.1. The maximum atomic E-state index is 10.6. The van der Waals surface area contributed by atoms with E-state index in [1.165, 1.54) is 20.5 Å². The second-order valence-corrected chi connectivity index (χ2v) is 9.24. The van der Waals surface area contributed by atoms with E-state index in [2.05, 4.69) is 41.8 Å². The van der Waals surface area contributed by atoms with Crippen LogP contribution in [0.25, 0.3) is 31.8 Å². The summed E-state index contributed by atoms with van der Waals surface area (Å²) in [6.45, 7) is 4.25. The number of aromatic nitrogens is 2. The van der Waals surface area contributed by atoms with Crippen LogP contribution in [0.1, 0.15) is 37.7 Å². The van der Waals surface area contributed by atoms with Crippen molar-refractivity contribution in [2.24, 2.45) is 0 Å². The van der Waals surface area contributed by atoms with Crippen LogP contribution in [-0.4, -0.2) is 41.0 Å². The molecule has 1 N–H and O–H groups in total. The molecule has 0 spiro atoms. The molecule has 2 aromatic carbocycles. The average molecular weight is 467 g/mol. The van der Waals surface area contributed by atoms with Crippen LogP contribution >= 0.6 is 11.3 Å². The number of carboxylic acids is 1. The minimum absolute atomic E-state index is 0.215. The Hall–Kier alpha value is -2.90. The van der Waals surface area contributed by atoms with E-state index in [4.69, 9.17) is 19.6 Å². The van der Waals surface area contributed by atoms with Gasteiger partial charge in [0, 0.05) is 37.4 Å². The molecule has 6 nitrogen and oxygen atoms in total. The van der Waals surface area contributed by atoms with Gasteiger partial charge in [-0.2, -0.15) is 0 Å². The first-order valence-corrected chi connectivity index (χ1v) is 12.2. The lowest BCUT2D eigenvalue weighted by molar-refractivity contribution is -0.137. The Morgan fingerprint density at radius 2 is 1.94 bits per heavy atom. The molecule has 7 heteroatoms. The summed E-state index contributed by atoms with van der Waals surface area (Å²) in [6.07, 6.45) is 3.48. The number of rotatable bonds is 12. The van der Waals surface area contributed by atoms with Crippen LogP contribution in [0.3, 0.4) is 0 Å². The first-order valence-electron chi connectivity index (χ1n) is 11.4. The number of hydrogen-bond donors (Lipinski definition) is 1. The number of hydrogen-bond acceptors (Lipinski definition) is 5. The highest BCUT2D eigenvalue weighted by molar-refractivity contribution is 7.22. The number of unbranched alkanes of at least 4 members (excludes halogenated alkanes) is 2. The van der Waals surface area contributed by atoms with E-state index in [1.807, 2.05) is 12.1 Å². The van der Waals surface area contributed by atoms with E-state index in [-0.39, 0.29) is 6.42 Å². The molecule has 2 aromatic heterocycles. The van der Waals surface area contributed by atoms with Crippen molar-refractivity contribution in [3.8, 4) is 16.5 Å². The Kier molecular flexibility index (Phi) is 7.62. The third-order valence-electron chi connectivity index (χ3n) is 5.80. The number of carbonyl (C=O) groups is 1. The number of fused-ring (bicyclic) bond motifs is 2. The van der Waals surface area contributed by atoms with Gasteiger partial charge in [0.15, 0.2) is 5.82 Å². The van der Waals surface area contributed by atoms with Gasteiger partial charge in [-0.15, -0.1) is 11.3 Å². The molecular formula is C26H30N2O4S. The minimum atomic E-state index is -0.743. The minimum Gasteiger partial charge on any atom is -0.494 e. The van der Waals surface area contributed by atoms with Gasteiger partial charge in [-0.25, -0.2) is 4.98 Å². The van der Waals surface area contributed by atoms with E-state index in [1.54, 1.807) is 18.4 Å². The first-order chi connectivity index (χ1) is 16.1. The number of thiophene rings is 1. The summed E-state index contributed by atoms with van der Waals surface area (Å²) in [5, 5.41) is 10.0. The quantitative estimate of drug-likeness (QED) is 0.249. The van der Waals surface area contributed by atoms with Crippen LogP contribution < -0.4 is 4.74 Å². The monoisotopic (exact) mass is 466 g/mol. The SMILES string of the molecule is COCCCn1c(-c2sc3ccccc3c2C)nc2ccc(OCCCCCC(=O)O)cc21. The van der Waals surface area contributed by atoms with Gasteiger partial charge in [-0.05, 0) is 61.8 Å². The standard InChI is InChI=1S/C26H30N2O4S/c1-18-20-9-5-6-10-23(20)33-25(18)26-27-21-13-12-19(32-16-7-3-4-11-24(29)30)17-22(21)28(26)14-8-15-31-2/h5-6,9-10,12-13,17H,3-4,7-8,11,14-16H2,1-2H3,(H,29,30). The third kappa shape index (κ3) is 5.37. The molecule has 0 unspecified atom stereocenters. The van der Waals surface area contributed by atoms with E-state index in [0.29, 0.717) is 19.6 Å². The van der Waals surface area contributed by atoms with E-state index < -0.39 is 5.97 Å². The second-order valence-electron chi connectivity index (χ2n) is 8.19. The Labute approximate surface area is 197 Å². The van der Waals surface area contributed by atoms with Crippen molar-refractivity contribution in [3.05, 3.63) is 48.0 Å². The highest BCUT2D eigenvalue weighted by atomic mass is 32.1. The summed E-state index contributed by atoms with van der Waals surface area (Å²) in [7, 11) is 1.73. The zero-order valence-corrected chi connectivity index (χ0v) is 20.0. The van der Waals surface area contributed by atoms with Crippen LogP contribution in [0.15, 0.2) is 42.5 Å². The molecule has 0 aliphatic heterocycles. The van der Waals surface area contributed by atoms with Crippen molar-refractivity contribution in [1.29, 1.82) is 0 Å². The average Bonchev–Trinajstić information content (AvgIpc) is 3.33. The molecule has 0 fully saturated rings. The van der Waals surface area contributed by atoms with E-state index in [9.17, 15) is 4.79 Å². The molecule has 0 saturated carbocycles. The van der Waals surface area contributed by atoms with Crippen molar-refractivity contribution in [2.75, 3.05) is 20.3 Å². The number of nitrogens with zero attached hydrogens (tertiary/aromatic N) is 2. The molecule has 33 heavy (non-hydrogen) atoms. The molecule has 4 aromatic rings. The lowest BCUT2D eigenvalue weighted by Crippen LogP contribution is -2.04. The van der Waals surface area contributed by atoms with Gasteiger partial charge < -0.3 is 19.1 Å². The molecular weight excluding hydrogens is 436 g/mol. The number of aliphatic carboxylic acids is 1. The van der Waals surface area contributed by atoms with Crippen molar-refractivity contribution in [2.45, 2.75) is 45.6 Å². The lowest BCUT2D eigenvalue weighted by Gasteiger charge is -2.10. The first kappa shape index (κ1) is 23.3. The number of aryl methyl sites for hydroxylation is 2. The molecule has 0 aliphatic rings.